The van der Waals surface area contributed by atoms with Gasteiger partial charge in [0.25, 0.3) is 0 Å². The van der Waals surface area contributed by atoms with E-state index in [1.165, 1.54) is 10.5 Å². The minimum atomic E-state index is -3.58. The van der Waals surface area contributed by atoms with Crippen LogP contribution >= 0.6 is 0 Å². The summed E-state index contributed by atoms with van der Waals surface area (Å²) in [6, 6.07) is 1.70. The molecule has 1 aromatic heterocycles. The molecule has 0 unspecified atom stereocenters. The Kier molecular flexibility index (Phi) is 4.95. The first-order chi connectivity index (χ1) is 9.61. The second kappa shape index (κ2) is 6.51. The lowest BCUT2D eigenvalue weighted by Gasteiger charge is -2.36. The fraction of sp³-hybridized carbons (Fsp3) is 0.615. The molecule has 0 saturated heterocycles. The van der Waals surface area contributed by atoms with Crippen molar-refractivity contribution in [3.8, 4) is 0 Å². The number of aliphatic hydroxyl groups is 1. The van der Waals surface area contributed by atoms with E-state index in [0.29, 0.717) is 18.7 Å². The Morgan fingerprint density at radius 1 is 1.50 bits per heavy atom. The molecule has 1 saturated carbocycles. The van der Waals surface area contributed by atoms with Crippen LogP contribution in [0.1, 0.15) is 25.7 Å². The minimum absolute atomic E-state index is 0.00926. The molecule has 1 aliphatic rings. The van der Waals surface area contributed by atoms with Crippen molar-refractivity contribution in [2.24, 2.45) is 0 Å². The van der Waals surface area contributed by atoms with Crippen molar-refractivity contribution in [2.75, 3.05) is 25.5 Å². The van der Waals surface area contributed by atoms with E-state index >= 15 is 0 Å². The average Bonchev–Trinajstić information content (AvgIpc) is 2.41. The molecule has 112 valence electrons. The van der Waals surface area contributed by atoms with Gasteiger partial charge < -0.3 is 10.4 Å². The van der Waals surface area contributed by atoms with E-state index in [1.807, 2.05) is 0 Å². The van der Waals surface area contributed by atoms with Crippen LogP contribution in [0, 0.1) is 0 Å². The number of sulfonamides is 1. The number of hydrogen-bond acceptors (Lipinski definition) is 5. The molecular formula is C13H21N3O3S. The van der Waals surface area contributed by atoms with Gasteiger partial charge in [-0.15, -0.1) is 0 Å². The van der Waals surface area contributed by atoms with Gasteiger partial charge in [-0.3, -0.25) is 4.98 Å². The van der Waals surface area contributed by atoms with Gasteiger partial charge >= 0.3 is 0 Å². The van der Waals surface area contributed by atoms with Crippen LogP contribution in [-0.2, 0) is 10.0 Å². The molecule has 1 heterocycles. The topological polar surface area (TPSA) is 82.5 Å². The van der Waals surface area contributed by atoms with Crippen molar-refractivity contribution < 1.29 is 13.5 Å². The third-order valence-electron chi connectivity index (χ3n) is 3.66. The van der Waals surface area contributed by atoms with Crippen molar-refractivity contribution in [3.05, 3.63) is 18.5 Å². The van der Waals surface area contributed by atoms with Gasteiger partial charge in [-0.05, 0) is 25.3 Å². The van der Waals surface area contributed by atoms with Gasteiger partial charge in [0.15, 0.2) is 0 Å². The molecule has 6 nitrogen and oxygen atoms in total. The third kappa shape index (κ3) is 2.94. The molecule has 0 amide bonds. The number of rotatable bonds is 7. The molecule has 7 heteroatoms. The third-order valence-corrected chi connectivity index (χ3v) is 5.64. The molecule has 2 rings (SSSR count). The van der Waals surface area contributed by atoms with Crippen molar-refractivity contribution >= 4 is 15.7 Å². The summed E-state index contributed by atoms with van der Waals surface area (Å²) >= 11 is 0. The number of nitrogens with zero attached hydrogens (tertiary/aromatic N) is 2. The highest BCUT2D eigenvalue weighted by Gasteiger charge is 2.35. The Balaban J connectivity index is 2.33. The predicted octanol–water partition coefficient (Wildman–Crippen LogP) is 1.05. The molecule has 0 spiro atoms. The van der Waals surface area contributed by atoms with Gasteiger partial charge in [0, 0.05) is 38.6 Å². The molecule has 20 heavy (non-hydrogen) atoms. The van der Waals surface area contributed by atoms with Gasteiger partial charge in [-0.2, -0.15) is 4.31 Å². The smallest absolute Gasteiger partial charge is 0.246 e. The number of hydrogen-bond donors (Lipinski definition) is 2. The van der Waals surface area contributed by atoms with Gasteiger partial charge in [-0.1, -0.05) is 6.42 Å². The van der Waals surface area contributed by atoms with E-state index in [4.69, 9.17) is 5.11 Å². The lowest BCUT2D eigenvalue weighted by atomic mass is 9.93. The quantitative estimate of drug-likeness (QED) is 0.786. The first-order valence-electron chi connectivity index (χ1n) is 6.85. The number of pyridine rings is 1. The monoisotopic (exact) mass is 299 g/mol. The molecule has 0 bridgehead atoms. The highest BCUT2D eigenvalue weighted by atomic mass is 32.2. The van der Waals surface area contributed by atoms with E-state index < -0.39 is 10.0 Å². The predicted molar refractivity (Wildman–Crippen MR) is 77.0 cm³/mol. The summed E-state index contributed by atoms with van der Waals surface area (Å²) < 4.78 is 27.2. The van der Waals surface area contributed by atoms with Crippen molar-refractivity contribution in [3.63, 3.8) is 0 Å². The molecule has 0 radical (unpaired) electrons. The fourth-order valence-corrected chi connectivity index (χ4v) is 4.19. The van der Waals surface area contributed by atoms with Crippen molar-refractivity contribution in [1.82, 2.24) is 9.29 Å². The number of anilines is 1. The zero-order chi connectivity index (χ0) is 14.6. The summed E-state index contributed by atoms with van der Waals surface area (Å²) in [5.74, 6) is 0. The Bertz CT molecular complexity index is 544. The largest absolute Gasteiger partial charge is 0.396 e. The Hall–Kier alpha value is -1.18. The Morgan fingerprint density at radius 3 is 2.80 bits per heavy atom. The van der Waals surface area contributed by atoms with Crippen LogP contribution in [0.2, 0.25) is 0 Å². The second-order valence-corrected chi connectivity index (χ2v) is 6.76. The van der Waals surface area contributed by atoms with E-state index in [1.54, 1.807) is 19.3 Å². The van der Waals surface area contributed by atoms with Gasteiger partial charge in [0.1, 0.15) is 4.90 Å². The van der Waals surface area contributed by atoms with Crippen LogP contribution in [0.4, 0.5) is 5.69 Å². The maximum atomic E-state index is 12.8. The summed E-state index contributed by atoms with van der Waals surface area (Å²) in [6.07, 6.45) is 6.23. The van der Waals surface area contributed by atoms with E-state index in [-0.39, 0.29) is 17.5 Å². The minimum Gasteiger partial charge on any atom is -0.396 e. The summed E-state index contributed by atoms with van der Waals surface area (Å²) in [5, 5.41) is 11.9. The van der Waals surface area contributed by atoms with E-state index in [0.717, 1.165) is 19.3 Å². The maximum absolute atomic E-state index is 12.8. The number of nitrogens with one attached hydrogen (secondary N) is 1. The standard InChI is InChI=1S/C13H21N3O3S/c1-14-12-6-7-15-10-13(12)20(18,19)16(8-3-9-17)11-4-2-5-11/h6-7,10-11,17H,2-5,8-9H2,1H3,(H,14,15). The van der Waals surface area contributed by atoms with Crippen molar-refractivity contribution in [1.29, 1.82) is 0 Å². The number of aliphatic hydroxyl groups excluding tert-OH is 1. The fourth-order valence-electron chi connectivity index (χ4n) is 2.32. The second-order valence-electron chi connectivity index (χ2n) is 4.90. The number of aromatic nitrogens is 1. The van der Waals surface area contributed by atoms with E-state index in [2.05, 4.69) is 10.3 Å². The maximum Gasteiger partial charge on any atom is 0.246 e. The first-order valence-corrected chi connectivity index (χ1v) is 8.29. The molecular weight excluding hydrogens is 278 g/mol. The molecule has 0 aliphatic heterocycles. The lowest BCUT2D eigenvalue weighted by molar-refractivity contribution is 0.198. The molecule has 0 atom stereocenters. The molecule has 0 aromatic carbocycles. The highest BCUT2D eigenvalue weighted by Crippen LogP contribution is 2.32. The Labute approximate surface area is 119 Å². The van der Waals surface area contributed by atoms with Gasteiger partial charge in [0.05, 0.1) is 5.69 Å². The zero-order valence-electron chi connectivity index (χ0n) is 11.6. The molecule has 1 aromatic rings. The van der Waals surface area contributed by atoms with Crippen LogP contribution in [0.5, 0.6) is 0 Å². The molecule has 2 N–H and O–H groups in total. The zero-order valence-corrected chi connectivity index (χ0v) is 12.4. The van der Waals surface area contributed by atoms with Crippen LogP contribution in [0.25, 0.3) is 0 Å². The van der Waals surface area contributed by atoms with Crippen LogP contribution < -0.4 is 5.32 Å². The molecule has 1 fully saturated rings. The Morgan fingerprint density at radius 2 is 2.25 bits per heavy atom. The van der Waals surface area contributed by atoms with Gasteiger partial charge in [0.2, 0.25) is 10.0 Å². The SMILES string of the molecule is CNc1ccncc1S(=O)(=O)N(CCCO)C1CCC1. The summed E-state index contributed by atoms with van der Waals surface area (Å²) in [5.41, 5.74) is 0.549. The van der Waals surface area contributed by atoms with Crippen LogP contribution in [-0.4, -0.2) is 49.1 Å². The first kappa shape index (κ1) is 15.2. The average molecular weight is 299 g/mol. The van der Waals surface area contributed by atoms with Crippen LogP contribution in [0.3, 0.4) is 0 Å². The highest BCUT2D eigenvalue weighted by molar-refractivity contribution is 7.89. The lowest BCUT2D eigenvalue weighted by Crippen LogP contribution is -2.45. The summed E-state index contributed by atoms with van der Waals surface area (Å²) in [7, 11) is -1.89. The summed E-state index contributed by atoms with van der Waals surface area (Å²) in [6.45, 7) is 0.339. The van der Waals surface area contributed by atoms with Gasteiger partial charge in [-0.25, -0.2) is 8.42 Å². The summed E-state index contributed by atoms with van der Waals surface area (Å²) in [4.78, 5) is 4.13. The van der Waals surface area contributed by atoms with Crippen LogP contribution in [0.15, 0.2) is 23.4 Å². The molecule has 1 aliphatic carbocycles. The van der Waals surface area contributed by atoms with Crippen molar-refractivity contribution in [2.45, 2.75) is 36.6 Å². The normalized spacial score (nSPS) is 16.1. The van der Waals surface area contributed by atoms with E-state index in [9.17, 15) is 8.42 Å².